The van der Waals surface area contributed by atoms with Gasteiger partial charge in [-0.25, -0.2) is 23.5 Å². The molecular formula is C34H32F8N4O5. The van der Waals surface area contributed by atoms with Gasteiger partial charge in [-0.05, 0) is 79.6 Å². The number of methoxy groups -OCH3 is 1. The van der Waals surface area contributed by atoms with Gasteiger partial charge in [0.1, 0.15) is 11.9 Å². The Labute approximate surface area is 286 Å². The van der Waals surface area contributed by atoms with E-state index in [1.807, 2.05) is 0 Å². The van der Waals surface area contributed by atoms with Crippen LogP contribution in [-0.2, 0) is 39.6 Å². The first-order valence-electron chi connectivity index (χ1n) is 16.0. The maximum Gasteiger partial charge on any atom is 0.416 e. The number of aryl methyl sites for hydroxylation is 1. The van der Waals surface area contributed by atoms with Crippen LogP contribution in [0.25, 0.3) is 11.1 Å². The third kappa shape index (κ3) is 7.24. The van der Waals surface area contributed by atoms with Crippen LogP contribution in [-0.4, -0.2) is 65.7 Å². The molecule has 3 heterocycles. The van der Waals surface area contributed by atoms with Gasteiger partial charge in [-0.3, -0.25) is 9.69 Å². The molecule has 17 heteroatoms. The molecule has 1 aromatic heterocycles. The van der Waals surface area contributed by atoms with E-state index in [1.54, 1.807) is 19.1 Å². The zero-order valence-corrected chi connectivity index (χ0v) is 27.5. The number of amides is 1. The highest BCUT2D eigenvalue weighted by molar-refractivity contribution is 5.77. The molecule has 0 bridgehead atoms. The van der Waals surface area contributed by atoms with Gasteiger partial charge in [0.2, 0.25) is 5.95 Å². The molecule has 3 aromatic rings. The lowest BCUT2D eigenvalue weighted by Gasteiger charge is -2.38. The summed E-state index contributed by atoms with van der Waals surface area (Å²) in [5.41, 5.74) is -0.971. The van der Waals surface area contributed by atoms with Crippen LogP contribution in [0.15, 0.2) is 36.5 Å². The van der Waals surface area contributed by atoms with Crippen molar-refractivity contribution in [1.29, 1.82) is 0 Å². The van der Waals surface area contributed by atoms with E-state index in [0.717, 1.165) is 16.0 Å². The van der Waals surface area contributed by atoms with Crippen molar-refractivity contribution >= 4 is 18.0 Å². The molecular weight excluding hydrogens is 696 g/mol. The number of esters is 1. The number of alkyl halides is 8. The number of nitrogens with zero attached hydrogens (tertiary/aromatic N) is 4. The highest BCUT2D eigenvalue weighted by Gasteiger charge is 2.46. The minimum atomic E-state index is -5.12. The second-order valence-electron chi connectivity index (χ2n) is 12.8. The molecule has 0 unspecified atom stereocenters. The number of rotatable bonds is 9. The number of halogens is 8. The van der Waals surface area contributed by atoms with Crippen LogP contribution in [0.1, 0.15) is 72.2 Å². The van der Waals surface area contributed by atoms with Crippen LogP contribution < -0.4 is 9.64 Å². The molecule has 0 N–H and O–H groups in total. The summed E-state index contributed by atoms with van der Waals surface area (Å²) in [6, 6.07) is 3.51. The van der Waals surface area contributed by atoms with Gasteiger partial charge in [0.25, 0.3) is 5.92 Å². The minimum absolute atomic E-state index is 0.0159. The van der Waals surface area contributed by atoms with Gasteiger partial charge >= 0.3 is 24.4 Å². The van der Waals surface area contributed by atoms with E-state index >= 15 is 0 Å². The number of carbonyl (C=O) groups excluding carboxylic acids is 2. The molecule has 3 atom stereocenters. The van der Waals surface area contributed by atoms with Crippen LogP contribution in [0.2, 0.25) is 0 Å². The summed E-state index contributed by atoms with van der Waals surface area (Å²) in [4.78, 5) is 36.8. The van der Waals surface area contributed by atoms with Crippen molar-refractivity contribution in [3.8, 4) is 16.9 Å². The van der Waals surface area contributed by atoms with Crippen molar-refractivity contribution in [2.45, 2.75) is 76.0 Å². The monoisotopic (exact) mass is 728 g/mol. The Morgan fingerprint density at radius 1 is 1.02 bits per heavy atom. The van der Waals surface area contributed by atoms with Crippen LogP contribution in [0.4, 0.5) is 45.9 Å². The van der Waals surface area contributed by atoms with E-state index in [1.165, 1.54) is 25.1 Å². The second-order valence-corrected chi connectivity index (χ2v) is 12.8. The summed E-state index contributed by atoms with van der Waals surface area (Å²) >= 11 is 0. The summed E-state index contributed by atoms with van der Waals surface area (Å²) in [5.74, 6) is -3.22. The van der Waals surface area contributed by atoms with E-state index in [9.17, 15) is 44.7 Å². The highest BCUT2D eigenvalue weighted by Crippen LogP contribution is 2.45. The fourth-order valence-corrected chi connectivity index (χ4v) is 6.76. The molecule has 0 spiro atoms. The normalized spacial score (nSPS) is 21.3. The third-order valence-corrected chi connectivity index (χ3v) is 9.30. The smallest absolute Gasteiger partial charge is 0.416 e. The van der Waals surface area contributed by atoms with E-state index in [2.05, 4.69) is 9.97 Å². The van der Waals surface area contributed by atoms with E-state index in [0.29, 0.717) is 41.9 Å². The molecule has 1 aliphatic carbocycles. The maximum absolute atomic E-state index is 13.8. The number of carbonyl (C=O) groups is 2. The number of hydrogen-bond acceptors (Lipinski definition) is 8. The number of hydrogen-bond donors (Lipinski definition) is 0. The summed E-state index contributed by atoms with van der Waals surface area (Å²) in [6.45, 7) is 1.61. The molecule has 0 saturated carbocycles. The first-order valence-corrected chi connectivity index (χ1v) is 16.0. The van der Waals surface area contributed by atoms with Crippen molar-refractivity contribution in [2.24, 2.45) is 0 Å². The Kier molecular flexibility index (Phi) is 9.29. The van der Waals surface area contributed by atoms with E-state index in [-0.39, 0.29) is 49.2 Å². The minimum Gasteiger partial charge on any atom is -0.496 e. The molecule has 2 aromatic carbocycles. The Morgan fingerprint density at radius 3 is 2.27 bits per heavy atom. The molecule has 51 heavy (non-hydrogen) atoms. The summed E-state index contributed by atoms with van der Waals surface area (Å²) in [7, 11) is 1.43. The predicted octanol–water partition coefficient (Wildman–Crippen LogP) is 7.71. The predicted molar refractivity (Wildman–Crippen MR) is 164 cm³/mol. The fourth-order valence-electron chi connectivity index (χ4n) is 6.76. The van der Waals surface area contributed by atoms with Gasteiger partial charge in [-0.15, -0.1) is 0 Å². The Morgan fingerprint density at radius 2 is 1.69 bits per heavy atom. The van der Waals surface area contributed by atoms with Crippen LogP contribution >= 0.6 is 0 Å². The fraction of sp³-hybridized carbons (Fsp3) is 0.471. The number of ether oxygens (including phenoxy) is 3. The average Bonchev–Trinajstić information content (AvgIpc) is 3.56. The zero-order valence-electron chi connectivity index (χ0n) is 27.5. The van der Waals surface area contributed by atoms with Gasteiger partial charge in [-0.2, -0.15) is 26.3 Å². The SMILES string of the molecule is CCOC(=O)C[C@@H]1CCc2cc(OC)c(-c3cnc(N4CC(F)(F)C4)nc3CN3C(=O)O[C@H](c4cc(C(F)(F)F)cc(C(F)(F)F)c4)[C@@H]3C)cc21. The largest absolute Gasteiger partial charge is 0.496 e. The van der Waals surface area contributed by atoms with Crippen LogP contribution in [0.3, 0.4) is 0 Å². The lowest BCUT2D eigenvalue weighted by Crippen LogP contribution is -2.57. The van der Waals surface area contributed by atoms with Gasteiger partial charge in [0, 0.05) is 17.3 Å². The Hall–Kier alpha value is -4.70. The third-order valence-electron chi connectivity index (χ3n) is 9.30. The zero-order chi connectivity index (χ0) is 37.0. The van der Waals surface area contributed by atoms with Crippen LogP contribution in [0, 0.1) is 0 Å². The molecule has 9 nitrogen and oxygen atoms in total. The molecule has 1 amide bonds. The van der Waals surface area contributed by atoms with Crippen molar-refractivity contribution in [3.63, 3.8) is 0 Å². The van der Waals surface area contributed by atoms with Crippen molar-refractivity contribution in [2.75, 3.05) is 31.7 Å². The number of benzene rings is 2. The van der Waals surface area contributed by atoms with Crippen molar-refractivity contribution < 1.29 is 58.9 Å². The van der Waals surface area contributed by atoms with Crippen LogP contribution in [0.5, 0.6) is 5.75 Å². The number of anilines is 1. The first-order chi connectivity index (χ1) is 23.9. The standard InChI is InChI=1S/C34H32F8N4O5/c1-4-50-28(47)10-19-6-5-18-9-27(49-3)24(12-23(18)19)25-13-43-30(45-15-32(35,36)16-45)44-26(25)14-46-17(2)29(51-31(46)48)20-7-21(33(37,38)39)11-22(8-20)34(40,41)42/h7-9,11-13,17,19,29H,4-6,10,14-16H2,1-3H3/t17-,19-,29-/m0/s1. The number of aromatic nitrogens is 2. The molecule has 2 aliphatic heterocycles. The maximum atomic E-state index is 13.8. The molecule has 6 rings (SSSR count). The molecule has 0 radical (unpaired) electrons. The quantitative estimate of drug-likeness (QED) is 0.164. The van der Waals surface area contributed by atoms with E-state index < -0.39 is 66.3 Å². The Balaban J connectivity index is 1.39. The Bertz CT molecular complexity index is 1810. The molecule has 2 fully saturated rings. The lowest BCUT2D eigenvalue weighted by atomic mass is 9.93. The summed E-state index contributed by atoms with van der Waals surface area (Å²) in [6.07, 6.45) is -9.99. The van der Waals surface area contributed by atoms with Gasteiger partial charge in [-0.1, -0.05) is 0 Å². The number of fused-ring (bicyclic) bond motifs is 1. The van der Waals surface area contributed by atoms with Gasteiger partial charge in [0.15, 0.2) is 0 Å². The first kappa shape index (κ1) is 36.1. The van der Waals surface area contributed by atoms with Gasteiger partial charge in [0.05, 0.1) is 62.6 Å². The highest BCUT2D eigenvalue weighted by atomic mass is 19.4. The molecule has 3 aliphatic rings. The number of cyclic esters (lactones) is 1. The summed E-state index contributed by atoms with van der Waals surface area (Å²) < 4.78 is 126. The topological polar surface area (TPSA) is 94.1 Å². The van der Waals surface area contributed by atoms with Crippen molar-refractivity contribution in [3.05, 3.63) is 70.0 Å². The lowest BCUT2D eigenvalue weighted by molar-refractivity contribution is -0.144. The van der Waals surface area contributed by atoms with Crippen molar-refractivity contribution in [1.82, 2.24) is 14.9 Å². The summed E-state index contributed by atoms with van der Waals surface area (Å²) in [5, 5.41) is 0. The average molecular weight is 729 g/mol. The molecule has 2 saturated heterocycles. The molecule has 274 valence electrons. The second kappa shape index (κ2) is 13.1. The van der Waals surface area contributed by atoms with E-state index in [4.69, 9.17) is 14.2 Å². The van der Waals surface area contributed by atoms with Gasteiger partial charge < -0.3 is 19.1 Å².